The van der Waals surface area contributed by atoms with E-state index in [1.165, 1.54) is 11.3 Å². The monoisotopic (exact) mass is 247 g/mol. The first-order valence-electron chi connectivity index (χ1n) is 4.98. The van der Waals surface area contributed by atoms with Gasteiger partial charge >= 0.3 is 5.97 Å². The standard InChI is InChI=1S/C10H11F2NO2S/c11-10(12)2-1-6(9(14)15)7(3-10)8-4-16-5-13-8/h4-7H,1-3H2,(H,14,15). The molecule has 0 bridgehead atoms. The Bertz CT molecular complexity index is 380. The molecule has 0 saturated heterocycles. The van der Waals surface area contributed by atoms with Crippen molar-refractivity contribution in [2.75, 3.05) is 0 Å². The fourth-order valence-electron chi connectivity index (χ4n) is 2.15. The fourth-order valence-corrected chi connectivity index (χ4v) is 2.76. The molecule has 0 amide bonds. The van der Waals surface area contributed by atoms with Gasteiger partial charge in [0.1, 0.15) is 0 Å². The maximum atomic E-state index is 13.3. The van der Waals surface area contributed by atoms with Gasteiger partial charge in [0.15, 0.2) is 0 Å². The van der Waals surface area contributed by atoms with E-state index in [0.717, 1.165) is 0 Å². The van der Waals surface area contributed by atoms with Crippen molar-refractivity contribution in [2.24, 2.45) is 5.92 Å². The van der Waals surface area contributed by atoms with Gasteiger partial charge in [-0.3, -0.25) is 4.79 Å². The van der Waals surface area contributed by atoms with Crippen LogP contribution in [0.15, 0.2) is 10.9 Å². The molecule has 0 radical (unpaired) electrons. The van der Waals surface area contributed by atoms with Gasteiger partial charge in [0, 0.05) is 24.1 Å². The summed E-state index contributed by atoms with van der Waals surface area (Å²) in [5.74, 6) is -5.16. The second kappa shape index (κ2) is 4.08. The second-order valence-corrected chi connectivity index (χ2v) is 4.78. The van der Waals surface area contributed by atoms with Crippen LogP contribution in [0.4, 0.5) is 8.78 Å². The highest BCUT2D eigenvalue weighted by molar-refractivity contribution is 7.07. The van der Waals surface area contributed by atoms with Crippen LogP contribution in [-0.2, 0) is 4.79 Å². The molecule has 1 aromatic heterocycles. The number of carboxylic acids is 1. The van der Waals surface area contributed by atoms with Gasteiger partial charge in [0.05, 0.1) is 17.1 Å². The van der Waals surface area contributed by atoms with Crippen molar-refractivity contribution >= 4 is 17.3 Å². The van der Waals surface area contributed by atoms with Crippen molar-refractivity contribution in [1.29, 1.82) is 0 Å². The maximum Gasteiger partial charge on any atom is 0.307 e. The Balaban J connectivity index is 2.25. The number of alkyl halides is 2. The van der Waals surface area contributed by atoms with Gasteiger partial charge in [-0.15, -0.1) is 11.3 Å². The number of rotatable bonds is 2. The van der Waals surface area contributed by atoms with E-state index < -0.39 is 30.1 Å². The van der Waals surface area contributed by atoms with Gasteiger partial charge < -0.3 is 5.11 Å². The van der Waals surface area contributed by atoms with Gasteiger partial charge in [-0.2, -0.15) is 0 Å². The lowest BCUT2D eigenvalue weighted by molar-refractivity contribution is -0.147. The molecule has 2 atom stereocenters. The van der Waals surface area contributed by atoms with Crippen molar-refractivity contribution < 1.29 is 18.7 Å². The van der Waals surface area contributed by atoms with Gasteiger partial charge in [-0.25, -0.2) is 13.8 Å². The number of hydrogen-bond acceptors (Lipinski definition) is 3. The highest BCUT2D eigenvalue weighted by Gasteiger charge is 2.45. The fraction of sp³-hybridized carbons (Fsp3) is 0.600. The smallest absolute Gasteiger partial charge is 0.307 e. The first-order chi connectivity index (χ1) is 7.49. The highest BCUT2D eigenvalue weighted by Crippen LogP contribution is 2.45. The maximum absolute atomic E-state index is 13.3. The van der Waals surface area contributed by atoms with Crippen LogP contribution in [0.2, 0.25) is 0 Å². The van der Waals surface area contributed by atoms with Crippen LogP contribution in [0.25, 0.3) is 0 Å². The largest absolute Gasteiger partial charge is 0.481 e. The molecule has 1 N–H and O–H groups in total. The molecule has 0 aliphatic heterocycles. The van der Waals surface area contributed by atoms with Gasteiger partial charge in [-0.1, -0.05) is 0 Å². The third-order valence-electron chi connectivity index (χ3n) is 2.97. The molecule has 1 aliphatic rings. The predicted molar refractivity (Wildman–Crippen MR) is 54.8 cm³/mol. The number of carboxylic acid groups (broad SMARTS) is 1. The molecule has 1 aliphatic carbocycles. The molecule has 2 unspecified atom stereocenters. The molecule has 3 nitrogen and oxygen atoms in total. The average Bonchev–Trinajstić information content (AvgIpc) is 2.68. The zero-order valence-electron chi connectivity index (χ0n) is 8.40. The van der Waals surface area contributed by atoms with Crippen molar-refractivity contribution in [2.45, 2.75) is 31.1 Å². The lowest BCUT2D eigenvalue weighted by Gasteiger charge is -2.32. The molecule has 1 heterocycles. The van der Waals surface area contributed by atoms with Crippen LogP contribution in [0.1, 0.15) is 30.9 Å². The van der Waals surface area contributed by atoms with Crippen molar-refractivity contribution in [3.8, 4) is 0 Å². The van der Waals surface area contributed by atoms with E-state index in [4.69, 9.17) is 5.11 Å². The number of aliphatic carboxylic acids is 1. The van der Waals surface area contributed by atoms with Crippen LogP contribution in [-0.4, -0.2) is 22.0 Å². The first kappa shape index (κ1) is 11.4. The summed E-state index contributed by atoms with van der Waals surface area (Å²) < 4.78 is 26.5. The molecule has 1 saturated carbocycles. The Hall–Kier alpha value is -1.04. The van der Waals surface area contributed by atoms with E-state index >= 15 is 0 Å². The van der Waals surface area contributed by atoms with E-state index in [-0.39, 0.29) is 12.8 Å². The number of aromatic nitrogens is 1. The lowest BCUT2D eigenvalue weighted by Crippen LogP contribution is -2.35. The quantitative estimate of drug-likeness (QED) is 0.874. The SMILES string of the molecule is O=C(O)C1CCC(F)(F)CC1c1cscn1. The summed E-state index contributed by atoms with van der Waals surface area (Å²) in [5, 5.41) is 10.7. The highest BCUT2D eigenvalue weighted by atomic mass is 32.1. The van der Waals surface area contributed by atoms with Crippen molar-refractivity contribution in [1.82, 2.24) is 4.98 Å². The molecule has 0 spiro atoms. The van der Waals surface area contributed by atoms with E-state index in [1.54, 1.807) is 10.9 Å². The average molecular weight is 247 g/mol. The Labute approximate surface area is 95.1 Å². The van der Waals surface area contributed by atoms with Crippen LogP contribution in [0, 0.1) is 5.92 Å². The minimum absolute atomic E-state index is 0.0184. The topological polar surface area (TPSA) is 50.2 Å². The predicted octanol–water partition coefficient (Wildman–Crippen LogP) is 2.75. The Morgan fingerprint density at radius 3 is 2.94 bits per heavy atom. The molecule has 2 rings (SSSR count). The summed E-state index contributed by atoms with van der Waals surface area (Å²) in [5.41, 5.74) is 2.03. The summed E-state index contributed by atoms with van der Waals surface area (Å²) in [6, 6.07) is 0. The van der Waals surface area contributed by atoms with Crippen LogP contribution >= 0.6 is 11.3 Å². The second-order valence-electron chi connectivity index (χ2n) is 4.06. The van der Waals surface area contributed by atoms with Gasteiger partial charge in [-0.05, 0) is 6.42 Å². The number of nitrogens with zero attached hydrogens (tertiary/aromatic N) is 1. The minimum Gasteiger partial charge on any atom is -0.481 e. The van der Waals surface area contributed by atoms with Crippen LogP contribution < -0.4 is 0 Å². The van der Waals surface area contributed by atoms with Crippen LogP contribution in [0.5, 0.6) is 0 Å². The Morgan fingerprint density at radius 1 is 1.62 bits per heavy atom. The van der Waals surface area contributed by atoms with Crippen molar-refractivity contribution in [3.63, 3.8) is 0 Å². The Morgan fingerprint density at radius 2 is 2.38 bits per heavy atom. The molecular weight excluding hydrogens is 236 g/mol. The van der Waals surface area contributed by atoms with E-state index in [9.17, 15) is 13.6 Å². The summed E-state index contributed by atoms with van der Waals surface area (Å²) in [4.78, 5) is 15.0. The lowest BCUT2D eigenvalue weighted by atomic mass is 9.76. The van der Waals surface area contributed by atoms with E-state index in [1.807, 2.05) is 0 Å². The molecule has 1 fully saturated rings. The number of hydrogen-bond donors (Lipinski definition) is 1. The molecule has 0 aromatic carbocycles. The van der Waals surface area contributed by atoms with Gasteiger partial charge in [0.2, 0.25) is 5.92 Å². The number of carbonyl (C=O) groups is 1. The molecule has 1 aromatic rings. The van der Waals surface area contributed by atoms with E-state index in [0.29, 0.717) is 5.69 Å². The van der Waals surface area contributed by atoms with Crippen molar-refractivity contribution in [3.05, 3.63) is 16.6 Å². The molecule has 88 valence electrons. The molecule has 16 heavy (non-hydrogen) atoms. The molecular formula is C10H11F2NO2S. The van der Waals surface area contributed by atoms with E-state index in [2.05, 4.69) is 4.98 Å². The zero-order chi connectivity index (χ0) is 11.8. The van der Waals surface area contributed by atoms with Crippen LogP contribution in [0.3, 0.4) is 0 Å². The summed E-state index contributed by atoms with van der Waals surface area (Å²) in [6.07, 6.45) is -0.733. The summed E-state index contributed by atoms with van der Waals surface area (Å²) in [7, 11) is 0. The molecule has 6 heteroatoms. The van der Waals surface area contributed by atoms with Gasteiger partial charge in [0.25, 0.3) is 0 Å². The number of thiazole rings is 1. The summed E-state index contributed by atoms with van der Waals surface area (Å²) >= 11 is 1.30. The minimum atomic E-state index is -2.76. The third-order valence-corrected chi connectivity index (χ3v) is 3.58. The first-order valence-corrected chi connectivity index (χ1v) is 5.92. The zero-order valence-corrected chi connectivity index (χ0v) is 9.21. The summed E-state index contributed by atoms with van der Waals surface area (Å²) in [6.45, 7) is 0. The third kappa shape index (κ3) is 2.21. The Kier molecular flexibility index (Phi) is 2.92. The normalized spacial score (nSPS) is 28.9. The number of halogens is 2.